The summed E-state index contributed by atoms with van der Waals surface area (Å²) in [7, 11) is 0. The van der Waals surface area contributed by atoms with E-state index in [0.717, 1.165) is 43.0 Å². The van der Waals surface area contributed by atoms with E-state index in [1.807, 2.05) is 46.2 Å². The van der Waals surface area contributed by atoms with Crippen LogP contribution in [0.2, 0.25) is 0 Å². The SMILES string of the molecule is CC.CC(C)(C)CCOCc1cccn2c(C(C)(C)NC(=O)C3C4CNCC3C4)ncc12. The van der Waals surface area contributed by atoms with Gasteiger partial charge in [0.25, 0.3) is 0 Å². The first kappa shape index (κ1) is 24.7. The van der Waals surface area contributed by atoms with E-state index in [0.29, 0.717) is 18.4 Å². The van der Waals surface area contributed by atoms with Crippen LogP contribution in [0.25, 0.3) is 5.52 Å². The fourth-order valence-electron chi connectivity index (χ4n) is 4.85. The van der Waals surface area contributed by atoms with Crippen LogP contribution in [0.15, 0.2) is 24.5 Å². The van der Waals surface area contributed by atoms with Crippen molar-refractivity contribution in [2.24, 2.45) is 23.2 Å². The number of carbonyl (C=O) groups excluding carboxylic acids is 1. The number of fused-ring (bicyclic) bond motifs is 3. The molecule has 1 saturated carbocycles. The minimum Gasteiger partial charge on any atom is -0.377 e. The lowest BCUT2D eigenvalue weighted by Gasteiger charge is -2.49. The minimum absolute atomic E-state index is 0.142. The van der Waals surface area contributed by atoms with Gasteiger partial charge in [0.15, 0.2) is 0 Å². The highest BCUT2D eigenvalue weighted by molar-refractivity contribution is 5.81. The maximum atomic E-state index is 13.0. The van der Waals surface area contributed by atoms with Crippen LogP contribution in [-0.4, -0.2) is 35.0 Å². The zero-order valence-corrected chi connectivity index (χ0v) is 21.0. The molecule has 178 valence electrons. The van der Waals surface area contributed by atoms with Gasteiger partial charge in [-0.3, -0.25) is 4.79 Å². The second-order valence-electron chi connectivity index (χ2n) is 10.8. The van der Waals surface area contributed by atoms with E-state index in [1.54, 1.807) is 0 Å². The Labute approximate surface area is 193 Å². The first-order chi connectivity index (χ1) is 15.2. The molecule has 32 heavy (non-hydrogen) atoms. The van der Waals surface area contributed by atoms with Crippen molar-refractivity contribution in [2.45, 2.75) is 73.5 Å². The van der Waals surface area contributed by atoms with Crippen LogP contribution in [0, 0.1) is 23.2 Å². The van der Waals surface area contributed by atoms with E-state index in [4.69, 9.17) is 9.72 Å². The molecule has 6 nitrogen and oxygen atoms in total. The number of hydrogen-bond acceptors (Lipinski definition) is 4. The predicted octanol–water partition coefficient (Wildman–Crippen LogP) is 4.52. The van der Waals surface area contributed by atoms with Crippen LogP contribution < -0.4 is 10.6 Å². The van der Waals surface area contributed by atoms with Gasteiger partial charge in [0, 0.05) is 24.3 Å². The lowest BCUT2D eigenvalue weighted by atomic mass is 9.61. The number of imidazole rings is 1. The molecule has 1 aliphatic carbocycles. The molecular formula is C26H42N4O2. The van der Waals surface area contributed by atoms with Gasteiger partial charge in [-0.1, -0.05) is 40.7 Å². The summed E-state index contributed by atoms with van der Waals surface area (Å²) in [5, 5.41) is 6.70. The smallest absolute Gasteiger partial charge is 0.224 e. The Hall–Kier alpha value is -1.92. The van der Waals surface area contributed by atoms with Crippen LogP contribution >= 0.6 is 0 Å². The van der Waals surface area contributed by atoms with Gasteiger partial charge >= 0.3 is 0 Å². The standard InChI is InChI=1S/C24H36N4O2.C2H6/c1-23(2,3)8-10-30-15-16-7-6-9-28-19(16)14-26-22(28)24(4,5)27-21(29)20-17-11-18(20)13-25-12-17;1-2/h6-7,9,14,17-18,20,25H,8,10-13,15H2,1-5H3,(H,27,29);1-2H3. The molecule has 2 N–H and O–H groups in total. The van der Waals surface area contributed by atoms with Crippen molar-refractivity contribution >= 4 is 11.4 Å². The van der Waals surface area contributed by atoms with E-state index in [1.165, 1.54) is 6.42 Å². The molecule has 3 heterocycles. The maximum absolute atomic E-state index is 13.0. The van der Waals surface area contributed by atoms with Crippen LogP contribution in [0.1, 0.15) is 72.7 Å². The molecule has 0 aromatic carbocycles. The highest BCUT2D eigenvalue weighted by Gasteiger charge is 2.48. The maximum Gasteiger partial charge on any atom is 0.224 e. The van der Waals surface area contributed by atoms with Crippen molar-refractivity contribution in [3.8, 4) is 0 Å². The number of rotatable bonds is 7. The van der Waals surface area contributed by atoms with E-state index in [9.17, 15) is 4.79 Å². The molecule has 0 spiro atoms. The number of aromatic nitrogens is 2. The molecule has 1 aliphatic heterocycles. The minimum atomic E-state index is -0.549. The summed E-state index contributed by atoms with van der Waals surface area (Å²) in [5.41, 5.74) is 1.88. The van der Waals surface area contributed by atoms with Crippen LogP contribution in [-0.2, 0) is 21.7 Å². The number of nitrogens with zero attached hydrogens (tertiary/aromatic N) is 2. The summed E-state index contributed by atoms with van der Waals surface area (Å²) in [4.78, 5) is 17.7. The summed E-state index contributed by atoms with van der Waals surface area (Å²) in [5.74, 6) is 2.12. The molecular weight excluding hydrogens is 400 g/mol. The Morgan fingerprint density at radius 1 is 1.22 bits per heavy atom. The van der Waals surface area contributed by atoms with Gasteiger partial charge in [-0.2, -0.15) is 0 Å². The number of amides is 1. The largest absolute Gasteiger partial charge is 0.377 e. The topological polar surface area (TPSA) is 67.7 Å². The van der Waals surface area contributed by atoms with Crippen molar-refractivity contribution in [1.29, 1.82) is 0 Å². The van der Waals surface area contributed by atoms with Gasteiger partial charge in [-0.05, 0) is 63.1 Å². The zero-order valence-electron chi connectivity index (χ0n) is 21.0. The fourth-order valence-corrected chi connectivity index (χ4v) is 4.85. The summed E-state index contributed by atoms with van der Waals surface area (Å²) < 4.78 is 8.03. The number of hydrogen-bond donors (Lipinski definition) is 2. The average molecular weight is 443 g/mol. The van der Waals surface area contributed by atoms with Crippen molar-refractivity contribution < 1.29 is 9.53 Å². The van der Waals surface area contributed by atoms with Crippen molar-refractivity contribution in [3.05, 3.63) is 35.9 Å². The molecule has 2 bridgehead atoms. The van der Waals surface area contributed by atoms with Gasteiger partial charge in [-0.25, -0.2) is 4.98 Å². The number of carbonyl (C=O) groups is 1. The quantitative estimate of drug-likeness (QED) is 0.619. The Balaban J connectivity index is 0.00000141. The predicted molar refractivity (Wildman–Crippen MR) is 129 cm³/mol. The average Bonchev–Trinajstić information content (AvgIpc) is 3.18. The third kappa shape index (κ3) is 5.34. The van der Waals surface area contributed by atoms with Gasteiger partial charge in [-0.15, -0.1) is 0 Å². The lowest BCUT2D eigenvalue weighted by Crippen LogP contribution is -2.60. The number of piperidine rings is 2. The normalized spacial score (nSPS) is 22.7. The zero-order chi connectivity index (χ0) is 23.5. The molecule has 2 unspecified atom stereocenters. The molecule has 4 rings (SSSR count). The lowest BCUT2D eigenvalue weighted by molar-refractivity contribution is -0.138. The molecule has 2 aliphatic rings. The molecule has 0 radical (unpaired) electrons. The monoisotopic (exact) mass is 442 g/mol. The molecule has 1 amide bonds. The Kier molecular flexibility index (Phi) is 7.66. The molecule has 6 heteroatoms. The van der Waals surface area contributed by atoms with Gasteiger partial charge in [0.05, 0.1) is 23.9 Å². The van der Waals surface area contributed by atoms with Crippen molar-refractivity contribution in [3.63, 3.8) is 0 Å². The molecule has 2 aromatic heterocycles. The van der Waals surface area contributed by atoms with E-state index in [-0.39, 0.29) is 17.2 Å². The third-order valence-electron chi connectivity index (χ3n) is 6.64. The fraction of sp³-hybridized carbons (Fsp3) is 0.692. The first-order valence-electron chi connectivity index (χ1n) is 12.2. The van der Waals surface area contributed by atoms with E-state index < -0.39 is 5.54 Å². The summed E-state index contributed by atoms with van der Waals surface area (Å²) in [6, 6.07) is 4.12. The summed E-state index contributed by atoms with van der Waals surface area (Å²) >= 11 is 0. The Bertz CT molecular complexity index is 898. The Morgan fingerprint density at radius 2 is 1.91 bits per heavy atom. The van der Waals surface area contributed by atoms with Gasteiger partial charge in [0.2, 0.25) is 5.91 Å². The highest BCUT2D eigenvalue weighted by Crippen LogP contribution is 2.43. The van der Waals surface area contributed by atoms with Crippen molar-refractivity contribution in [1.82, 2.24) is 20.0 Å². The number of pyridine rings is 1. The number of ether oxygens (including phenoxy) is 1. The van der Waals surface area contributed by atoms with E-state index in [2.05, 4.69) is 41.9 Å². The van der Waals surface area contributed by atoms with Gasteiger partial charge < -0.3 is 19.8 Å². The molecule has 2 atom stereocenters. The first-order valence-corrected chi connectivity index (χ1v) is 12.2. The molecule has 2 fully saturated rings. The van der Waals surface area contributed by atoms with Gasteiger partial charge in [0.1, 0.15) is 5.82 Å². The van der Waals surface area contributed by atoms with Crippen LogP contribution in [0.5, 0.6) is 0 Å². The second-order valence-corrected chi connectivity index (χ2v) is 10.8. The highest BCUT2D eigenvalue weighted by atomic mass is 16.5. The third-order valence-corrected chi connectivity index (χ3v) is 6.64. The van der Waals surface area contributed by atoms with Crippen LogP contribution in [0.4, 0.5) is 0 Å². The summed E-state index contributed by atoms with van der Waals surface area (Å²) in [6.07, 6.45) is 6.12. The second kappa shape index (κ2) is 9.92. The molecule has 2 aromatic rings. The molecule has 1 saturated heterocycles. The Morgan fingerprint density at radius 3 is 2.53 bits per heavy atom. The van der Waals surface area contributed by atoms with Crippen molar-refractivity contribution in [2.75, 3.05) is 19.7 Å². The van der Waals surface area contributed by atoms with E-state index >= 15 is 0 Å². The van der Waals surface area contributed by atoms with Crippen LogP contribution in [0.3, 0.4) is 0 Å². The number of nitrogens with one attached hydrogen (secondary N) is 2. The summed E-state index contributed by atoms with van der Waals surface area (Å²) in [6.45, 7) is 18.0.